The standard InChI is InChI=1S/C13H16ClN3O3S/c1-21-9-4-2-8(3-5-9)16-13(18)10-6-12(14)15-7-11(10)17(19)20/h6-9H,2-5H2,1H3,(H,16,18). The van der Waals surface area contributed by atoms with Gasteiger partial charge in [-0.2, -0.15) is 11.8 Å². The summed E-state index contributed by atoms with van der Waals surface area (Å²) >= 11 is 7.57. The average Bonchev–Trinajstić information content (AvgIpc) is 2.47. The van der Waals surface area contributed by atoms with Crippen molar-refractivity contribution >= 4 is 35.0 Å². The first-order valence-corrected chi connectivity index (χ1v) is 8.31. The normalized spacial score (nSPS) is 21.8. The third-order valence-corrected chi connectivity index (χ3v) is 4.98. The zero-order chi connectivity index (χ0) is 15.4. The molecule has 0 radical (unpaired) electrons. The van der Waals surface area contributed by atoms with Gasteiger partial charge in [-0.15, -0.1) is 0 Å². The molecule has 0 saturated heterocycles. The Hall–Kier alpha value is -1.34. The van der Waals surface area contributed by atoms with Gasteiger partial charge in [-0.3, -0.25) is 14.9 Å². The summed E-state index contributed by atoms with van der Waals surface area (Å²) in [6, 6.07) is 1.30. The summed E-state index contributed by atoms with van der Waals surface area (Å²) in [4.78, 5) is 26.2. The summed E-state index contributed by atoms with van der Waals surface area (Å²) in [5.74, 6) is -0.460. The molecule has 0 spiro atoms. The molecule has 0 atom stereocenters. The van der Waals surface area contributed by atoms with Gasteiger partial charge in [-0.25, -0.2) is 4.98 Å². The van der Waals surface area contributed by atoms with Gasteiger partial charge in [-0.1, -0.05) is 11.6 Å². The molecule has 1 fully saturated rings. The molecule has 8 heteroatoms. The molecule has 0 aliphatic heterocycles. The second kappa shape index (κ2) is 7.09. The van der Waals surface area contributed by atoms with E-state index >= 15 is 0 Å². The van der Waals surface area contributed by atoms with E-state index in [1.807, 2.05) is 11.8 Å². The Kier molecular flexibility index (Phi) is 5.41. The van der Waals surface area contributed by atoms with Crippen molar-refractivity contribution in [2.24, 2.45) is 0 Å². The van der Waals surface area contributed by atoms with Crippen LogP contribution in [0.15, 0.2) is 12.3 Å². The Morgan fingerprint density at radius 1 is 1.48 bits per heavy atom. The minimum Gasteiger partial charge on any atom is -0.349 e. The van der Waals surface area contributed by atoms with E-state index in [1.54, 1.807) is 0 Å². The lowest BCUT2D eigenvalue weighted by Crippen LogP contribution is -2.38. The highest BCUT2D eigenvalue weighted by atomic mass is 35.5. The van der Waals surface area contributed by atoms with Crippen molar-refractivity contribution in [2.45, 2.75) is 37.0 Å². The third kappa shape index (κ3) is 4.07. The van der Waals surface area contributed by atoms with E-state index in [4.69, 9.17) is 11.6 Å². The Morgan fingerprint density at radius 2 is 2.14 bits per heavy atom. The molecule has 1 aliphatic rings. The topological polar surface area (TPSA) is 85.1 Å². The molecule has 114 valence electrons. The van der Waals surface area contributed by atoms with E-state index < -0.39 is 10.8 Å². The van der Waals surface area contributed by atoms with Crippen molar-refractivity contribution in [3.63, 3.8) is 0 Å². The first-order valence-electron chi connectivity index (χ1n) is 6.65. The van der Waals surface area contributed by atoms with Crippen molar-refractivity contribution < 1.29 is 9.72 Å². The summed E-state index contributed by atoms with van der Waals surface area (Å²) in [6.45, 7) is 0. The second-order valence-electron chi connectivity index (χ2n) is 4.96. The zero-order valence-electron chi connectivity index (χ0n) is 11.5. The molecule has 1 saturated carbocycles. The lowest BCUT2D eigenvalue weighted by atomic mass is 9.94. The molecule has 1 aromatic rings. The van der Waals surface area contributed by atoms with Crippen molar-refractivity contribution in [1.29, 1.82) is 0 Å². The summed E-state index contributed by atoms with van der Waals surface area (Å²) in [5, 5.41) is 14.5. The number of carbonyl (C=O) groups excluding carboxylic acids is 1. The predicted octanol–water partition coefficient (Wildman–Crippen LogP) is 3.05. The van der Waals surface area contributed by atoms with Crippen LogP contribution in [-0.4, -0.2) is 33.4 Å². The van der Waals surface area contributed by atoms with Crippen LogP contribution in [0.1, 0.15) is 36.0 Å². The van der Waals surface area contributed by atoms with Crippen molar-refractivity contribution in [3.05, 3.63) is 33.1 Å². The first-order chi connectivity index (χ1) is 10.0. The second-order valence-corrected chi connectivity index (χ2v) is 6.49. The number of rotatable bonds is 4. The molecule has 1 aromatic heterocycles. The number of nitrogens with one attached hydrogen (secondary N) is 1. The van der Waals surface area contributed by atoms with Crippen molar-refractivity contribution in [1.82, 2.24) is 10.3 Å². The van der Waals surface area contributed by atoms with Crippen LogP contribution in [0.5, 0.6) is 0 Å². The molecule has 0 unspecified atom stereocenters. The fourth-order valence-corrected chi connectivity index (χ4v) is 3.36. The van der Waals surface area contributed by atoms with Crippen LogP contribution in [0.4, 0.5) is 5.69 Å². The van der Waals surface area contributed by atoms with Crippen LogP contribution < -0.4 is 5.32 Å². The SMILES string of the molecule is CSC1CCC(NC(=O)c2cc(Cl)ncc2[N+](=O)[O-])CC1. The Bertz CT molecular complexity index is 547. The number of aromatic nitrogens is 1. The highest BCUT2D eigenvalue weighted by Gasteiger charge is 2.26. The number of carbonyl (C=O) groups is 1. The summed E-state index contributed by atoms with van der Waals surface area (Å²) in [7, 11) is 0. The van der Waals surface area contributed by atoms with Crippen molar-refractivity contribution in [2.75, 3.05) is 6.26 Å². The molecular formula is C13H16ClN3O3S. The van der Waals surface area contributed by atoms with Gasteiger partial charge in [0.15, 0.2) is 0 Å². The van der Waals surface area contributed by atoms with Gasteiger partial charge in [0.25, 0.3) is 11.6 Å². The van der Waals surface area contributed by atoms with Crippen LogP contribution in [0.3, 0.4) is 0 Å². The van der Waals surface area contributed by atoms with Crippen LogP contribution in [0.2, 0.25) is 5.15 Å². The van der Waals surface area contributed by atoms with Gasteiger partial charge in [0.05, 0.1) is 4.92 Å². The van der Waals surface area contributed by atoms with E-state index in [2.05, 4.69) is 16.6 Å². The number of amides is 1. The van der Waals surface area contributed by atoms with Gasteiger partial charge in [0, 0.05) is 11.3 Å². The van der Waals surface area contributed by atoms with E-state index in [1.165, 1.54) is 6.07 Å². The Labute approximate surface area is 131 Å². The van der Waals surface area contributed by atoms with Gasteiger partial charge in [-0.05, 0) is 38.0 Å². The molecule has 2 rings (SSSR count). The Morgan fingerprint density at radius 3 is 2.71 bits per heavy atom. The third-order valence-electron chi connectivity index (χ3n) is 3.63. The highest BCUT2D eigenvalue weighted by molar-refractivity contribution is 7.99. The summed E-state index contributed by atoms with van der Waals surface area (Å²) in [5.41, 5.74) is -0.360. The van der Waals surface area contributed by atoms with Crippen LogP contribution in [-0.2, 0) is 0 Å². The van der Waals surface area contributed by atoms with Gasteiger partial charge < -0.3 is 5.32 Å². The monoisotopic (exact) mass is 329 g/mol. The van der Waals surface area contributed by atoms with Gasteiger partial charge in [0.1, 0.15) is 16.9 Å². The number of nitrogens with zero attached hydrogens (tertiary/aromatic N) is 2. The van der Waals surface area contributed by atoms with E-state index in [0.717, 1.165) is 31.9 Å². The average molecular weight is 330 g/mol. The molecule has 1 amide bonds. The summed E-state index contributed by atoms with van der Waals surface area (Å²) in [6.07, 6.45) is 6.98. The van der Waals surface area contributed by atoms with Crippen molar-refractivity contribution in [3.8, 4) is 0 Å². The van der Waals surface area contributed by atoms with E-state index in [-0.39, 0.29) is 22.4 Å². The molecule has 21 heavy (non-hydrogen) atoms. The zero-order valence-corrected chi connectivity index (χ0v) is 13.1. The quantitative estimate of drug-likeness (QED) is 0.521. The van der Waals surface area contributed by atoms with Crippen LogP contribution >= 0.6 is 23.4 Å². The van der Waals surface area contributed by atoms with Crippen LogP contribution in [0, 0.1) is 10.1 Å². The van der Waals surface area contributed by atoms with Gasteiger partial charge in [0.2, 0.25) is 0 Å². The van der Waals surface area contributed by atoms with Crippen LogP contribution in [0.25, 0.3) is 0 Å². The van der Waals surface area contributed by atoms with Gasteiger partial charge >= 0.3 is 0 Å². The van der Waals surface area contributed by atoms with E-state index in [0.29, 0.717) is 5.25 Å². The molecular weight excluding hydrogens is 314 g/mol. The maximum atomic E-state index is 12.2. The number of thioether (sulfide) groups is 1. The predicted molar refractivity (Wildman–Crippen MR) is 82.9 cm³/mol. The minimum atomic E-state index is -0.622. The molecule has 0 aromatic carbocycles. The lowest BCUT2D eigenvalue weighted by Gasteiger charge is -2.27. The lowest BCUT2D eigenvalue weighted by molar-refractivity contribution is -0.385. The molecule has 6 nitrogen and oxygen atoms in total. The number of hydrogen-bond acceptors (Lipinski definition) is 5. The molecule has 0 bridgehead atoms. The smallest absolute Gasteiger partial charge is 0.300 e. The number of halogens is 1. The number of pyridine rings is 1. The summed E-state index contributed by atoms with van der Waals surface area (Å²) < 4.78 is 0. The molecule has 1 heterocycles. The number of hydrogen-bond donors (Lipinski definition) is 1. The maximum absolute atomic E-state index is 12.2. The molecule has 1 aliphatic carbocycles. The molecule has 1 N–H and O–H groups in total. The van der Waals surface area contributed by atoms with E-state index in [9.17, 15) is 14.9 Å². The first kappa shape index (κ1) is 16.0. The largest absolute Gasteiger partial charge is 0.349 e. The maximum Gasteiger partial charge on any atom is 0.300 e. The number of nitro groups is 1. The fraction of sp³-hybridized carbons (Fsp3) is 0.538. The fourth-order valence-electron chi connectivity index (χ4n) is 2.46. The Balaban J connectivity index is 2.07. The minimum absolute atomic E-state index is 0.0352. The highest BCUT2D eigenvalue weighted by Crippen LogP contribution is 2.27.